The molecule has 1 aromatic rings. The minimum Gasteiger partial charge on any atom is -0.409 e. The summed E-state index contributed by atoms with van der Waals surface area (Å²) in [5.41, 5.74) is 5.39. The van der Waals surface area contributed by atoms with Gasteiger partial charge in [-0.25, -0.2) is 4.39 Å². The quantitative estimate of drug-likeness (QED) is 0.379. The first kappa shape index (κ1) is 14.6. The van der Waals surface area contributed by atoms with Crippen LogP contribution in [0.5, 0.6) is 0 Å². The Kier molecular flexibility index (Phi) is 4.44. The summed E-state index contributed by atoms with van der Waals surface area (Å²) < 4.78 is 13.8. The van der Waals surface area contributed by atoms with Crippen molar-refractivity contribution in [2.45, 2.75) is 25.3 Å². The smallest absolute Gasteiger partial charge is 0.257 e. The van der Waals surface area contributed by atoms with Gasteiger partial charge in [-0.05, 0) is 31.0 Å². The Hall–Kier alpha value is -1.82. The van der Waals surface area contributed by atoms with Crippen molar-refractivity contribution in [3.05, 3.63) is 34.6 Å². The summed E-state index contributed by atoms with van der Waals surface area (Å²) in [6, 6.07) is 4.07. The first-order valence-electron chi connectivity index (χ1n) is 6.25. The van der Waals surface area contributed by atoms with E-state index in [1.807, 2.05) is 0 Å². The van der Waals surface area contributed by atoms with E-state index in [9.17, 15) is 9.18 Å². The van der Waals surface area contributed by atoms with Gasteiger partial charge in [0.1, 0.15) is 11.7 Å². The third-order valence-corrected chi connectivity index (χ3v) is 3.38. The lowest BCUT2D eigenvalue weighted by atomic mass is 10.1. The molecule has 2 rings (SSSR count). The minimum absolute atomic E-state index is 0.0131. The molecule has 1 aliphatic carbocycles. The Balaban J connectivity index is 2.14. The highest BCUT2D eigenvalue weighted by molar-refractivity contribution is 6.30. The van der Waals surface area contributed by atoms with Gasteiger partial charge in [0.2, 0.25) is 0 Å². The number of amidine groups is 1. The summed E-state index contributed by atoms with van der Waals surface area (Å²) in [4.78, 5) is 13.9. The molecule has 0 atom stereocenters. The molecule has 20 heavy (non-hydrogen) atoms. The lowest BCUT2D eigenvalue weighted by Gasteiger charge is -2.22. The van der Waals surface area contributed by atoms with Crippen molar-refractivity contribution in [2.75, 3.05) is 6.54 Å². The van der Waals surface area contributed by atoms with Crippen LogP contribution in [-0.4, -0.2) is 34.4 Å². The molecule has 5 nitrogen and oxygen atoms in total. The molecule has 1 aromatic carbocycles. The summed E-state index contributed by atoms with van der Waals surface area (Å²) in [5, 5.41) is 11.6. The van der Waals surface area contributed by atoms with Crippen molar-refractivity contribution in [3.63, 3.8) is 0 Å². The Morgan fingerprint density at radius 2 is 2.25 bits per heavy atom. The molecule has 0 aromatic heterocycles. The Labute approximate surface area is 120 Å². The van der Waals surface area contributed by atoms with Gasteiger partial charge in [0.05, 0.1) is 5.56 Å². The predicted octanol–water partition coefficient (Wildman–Crippen LogP) is 2.22. The van der Waals surface area contributed by atoms with Crippen LogP contribution < -0.4 is 5.73 Å². The van der Waals surface area contributed by atoms with Crippen LogP contribution in [0.4, 0.5) is 4.39 Å². The zero-order chi connectivity index (χ0) is 14.7. The van der Waals surface area contributed by atoms with Gasteiger partial charge >= 0.3 is 0 Å². The topological polar surface area (TPSA) is 78.9 Å². The molecule has 0 aliphatic heterocycles. The van der Waals surface area contributed by atoms with E-state index >= 15 is 0 Å². The SMILES string of the molecule is NC(CCN(C(=O)c1ccc(Cl)cc1F)C1CC1)=NO. The number of nitrogens with two attached hydrogens (primary N) is 1. The highest BCUT2D eigenvalue weighted by atomic mass is 35.5. The number of benzene rings is 1. The van der Waals surface area contributed by atoms with Gasteiger partial charge in [-0.15, -0.1) is 0 Å². The molecule has 0 radical (unpaired) electrons. The minimum atomic E-state index is -0.642. The number of halogens is 2. The van der Waals surface area contributed by atoms with Gasteiger partial charge in [0.15, 0.2) is 0 Å². The van der Waals surface area contributed by atoms with Crippen LogP contribution in [0.25, 0.3) is 0 Å². The number of carbonyl (C=O) groups excluding carboxylic acids is 1. The van der Waals surface area contributed by atoms with Crippen molar-refractivity contribution in [1.29, 1.82) is 0 Å². The lowest BCUT2D eigenvalue weighted by Crippen LogP contribution is -2.36. The Bertz CT molecular complexity index is 546. The second-order valence-corrected chi connectivity index (χ2v) is 5.13. The van der Waals surface area contributed by atoms with Crippen LogP contribution in [-0.2, 0) is 0 Å². The van der Waals surface area contributed by atoms with E-state index in [-0.39, 0.29) is 28.9 Å². The fraction of sp³-hybridized carbons (Fsp3) is 0.385. The molecule has 0 saturated heterocycles. The molecule has 3 N–H and O–H groups in total. The lowest BCUT2D eigenvalue weighted by molar-refractivity contribution is 0.0742. The van der Waals surface area contributed by atoms with Gasteiger partial charge in [-0.1, -0.05) is 16.8 Å². The maximum atomic E-state index is 13.8. The van der Waals surface area contributed by atoms with E-state index in [1.54, 1.807) is 4.90 Å². The van der Waals surface area contributed by atoms with Gasteiger partial charge in [-0.3, -0.25) is 4.79 Å². The molecular formula is C13H15ClFN3O2. The molecule has 0 heterocycles. The molecule has 0 bridgehead atoms. The third kappa shape index (κ3) is 3.39. The van der Waals surface area contributed by atoms with Crippen LogP contribution in [0.1, 0.15) is 29.6 Å². The molecular weight excluding hydrogens is 285 g/mol. The van der Waals surface area contributed by atoms with Crippen molar-refractivity contribution in [2.24, 2.45) is 10.9 Å². The standard InChI is InChI=1S/C13H15ClFN3O2/c14-8-1-4-10(11(15)7-8)13(19)18(9-2-3-9)6-5-12(16)17-20/h1,4,7,9,20H,2-3,5-6H2,(H2,16,17). The van der Waals surface area contributed by atoms with Crippen molar-refractivity contribution >= 4 is 23.3 Å². The maximum Gasteiger partial charge on any atom is 0.257 e. The summed E-state index contributed by atoms with van der Waals surface area (Å²) in [7, 11) is 0. The highest BCUT2D eigenvalue weighted by Gasteiger charge is 2.33. The first-order valence-corrected chi connectivity index (χ1v) is 6.63. The fourth-order valence-corrected chi connectivity index (χ4v) is 2.10. The van der Waals surface area contributed by atoms with E-state index in [0.717, 1.165) is 18.9 Å². The molecule has 0 unspecified atom stereocenters. The van der Waals surface area contributed by atoms with Crippen molar-refractivity contribution in [1.82, 2.24) is 4.90 Å². The normalized spacial score (nSPS) is 15.2. The van der Waals surface area contributed by atoms with Crippen LogP contribution in [0.15, 0.2) is 23.4 Å². The van der Waals surface area contributed by atoms with E-state index < -0.39 is 11.7 Å². The van der Waals surface area contributed by atoms with Crippen molar-refractivity contribution in [3.8, 4) is 0 Å². The summed E-state index contributed by atoms with van der Waals surface area (Å²) >= 11 is 5.67. The second kappa shape index (κ2) is 6.09. The van der Waals surface area contributed by atoms with E-state index in [0.29, 0.717) is 6.54 Å². The average Bonchev–Trinajstić information content (AvgIpc) is 3.23. The van der Waals surface area contributed by atoms with Gasteiger partial charge in [0, 0.05) is 24.0 Å². The largest absolute Gasteiger partial charge is 0.409 e. The monoisotopic (exact) mass is 299 g/mol. The highest BCUT2D eigenvalue weighted by Crippen LogP contribution is 2.29. The second-order valence-electron chi connectivity index (χ2n) is 4.70. The van der Waals surface area contributed by atoms with E-state index in [2.05, 4.69) is 5.16 Å². The zero-order valence-corrected chi connectivity index (χ0v) is 11.5. The number of carbonyl (C=O) groups is 1. The predicted molar refractivity (Wildman–Crippen MR) is 73.5 cm³/mol. The molecule has 108 valence electrons. The number of hydrogen-bond donors (Lipinski definition) is 2. The number of oxime groups is 1. The first-order chi connectivity index (χ1) is 9.52. The molecule has 1 aliphatic rings. The van der Waals surface area contributed by atoms with Crippen LogP contribution in [0.3, 0.4) is 0 Å². The third-order valence-electron chi connectivity index (χ3n) is 3.15. The Morgan fingerprint density at radius 3 is 2.80 bits per heavy atom. The van der Waals surface area contributed by atoms with Crippen LogP contribution in [0.2, 0.25) is 5.02 Å². The Morgan fingerprint density at radius 1 is 1.55 bits per heavy atom. The molecule has 0 spiro atoms. The number of rotatable bonds is 5. The maximum absolute atomic E-state index is 13.8. The number of amides is 1. The van der Waals surface area contributed by atoms with Crippen LogP contribution in [0, 0.1) is 5.82 Å². The van der Waals surface area contributed by atoms with E-state index in [1.165, 1.54) is 12.1 Å². The number of nitrogens with zero attached hydrogens (tertiary/aromatic N) is 2. The fourth-order valence-electron chi connectivity index (χ4n) is 1.94. The molecule has 1 saturated carbocycles. The van der Waals surface area contributed by atoms with Crippen molar-refractivity contribution < 1.29 is 14.4 Å². The van der Waals surface area contributed by atoms with Crippen LogP contribution >= 0.6 is 11.6 Å². The van der Waals surface area contributed by atoms with Gasteiger partial charge in [-0.2, -0.15) is 0 Å². The summed E-state index contributed by atoms with van der Waals surface area (Å²) in [5.74, 6) is -0.996. The molecule has 7 heteroatoms. The van der Waals surface area contributed by atoms with Gasteiger partial charge in [0.25, 0.3) is 5.91 Å². The zero-order valence-electron chi connectivity index (χ0n) is 10.7. The average molecular weight is 300 g/mol. The summed E-state index contributed by atoms with van der Waals surface area (Å²) in [6.07, 6.45) is 2.02. The molecule has 1 fully saturated rings. The summed E-state index contributed by atoms with van der Waals surface area (Å²) in [6.45, 7) is 0.293. The van der Waals surface area contributed by atoms with Gasteiger partial charge < -0.3 is 15.8 Å². The number of hydrogen-bond acceptors (Lipinski definition) is 3. The molecule has 1 amide bonds. The van der Waals surface area contributed by atoms with E-state index in [4.69, 9.17) is 22.5 Å².